The van der Waals surface area contributed by atoms with E-state index in [4.69, 9.17) is 4.74 Å². The van der Waals surface area contributed by atoms with E-state index < -0.39 is 0 Å². The lowest BCUT2D eigenvalue weighted by Gasteiger charge is -2.31. The summed E-state index contributed by atoms with van der Waals surface area (Å²) in [5.74, 6) is 0.910. The molecule has 0 aliphatic carbocycles. The molecule has 0 aromatic heterocycles. The largest absolute Gasteiger partial charge is 0.496 e. The molecule has 0 spiro atoms. The summed E-state index contributed by atoms with van der Waals surface area (Å²) in [6.07, 6.45) is 1.42. The van der Waals surface area contributed by atoms with Crippen LogP contribution in [0.3, 0.4) is 0 Å². The van der Waals surface area contributed by atoms with Crippen molar-refractivity contribution in [3.63, 3.8) is 0 Å². The van der Waals surface area contributed by atoms with Gasteiger partial charge in [-0.1, -0.05) is 36.4 Å². The number of aryl methyl sites for hydroxylation is 1. The van der Waals surface area contributed by atoms with Crippen LogP contribution in [0.2, 0.25) is 0 Å². The summed E-state index contributed by atoms with van der Waals surface area (Å²) in [5, 5.41) is 0. The first-order valence-corrected chi connectivity index (χ1v) is 8.63. The van der Waals surface area contributed by atoms with Gasteiger partial charge in [-0.3, -0.25) is 9.59 Å². The van der Waals surface area contributed by atoms with E-state index >= 15 is 0 Å². The number of likely N-dealkylation sites (tertiary alicyclic amines) is 1. The van der Waals surface area contributed by atoms with Gasteiger partial charge < -0.3 is 9.64 Å². The number of piperidine rings is 1. The van der Waals surface area contributed by atoms with E-state index in [1.54, 1.807) is 13.2 Å². The van der Waals surface area contributed by atoms with Crippen LogP contribution < -0.4 is 4.74 Å². The van der Waals surface area contributed by atoms with Crippen molar-refractivity contribution >= 4 is 11.7 Å². The van der Waals surface area contributed by atoms with Crippen molar-refractivity contribution in [3.05, 3.63) is 65.2 Å². The molecule has 0 unspecified atom stereocenters. The number of carbonyl (C=O) groups excluding carboxylic acids is 2. The summed E-state index contributed by atoms with van der Waals surface area (Å²) in [6, 6.07) is 14.9. The Morgan fingerprint density at radius 3 is 2.32 bits per heavy atom. The minimum Gasteiger partial charge on any atom is -0.496 e. The van der Waals surface area contributed by atoms with Crippen molar-refractivity contribution in [3.8, 4) is 5.75 Å². The third-order valence-corrected chi connectivity index (χ3v) is 4.87. The number of carbonyl (C=O) groups is 2. The molecule has 4 heteroatoms. The molecular weight excluding hydrogens is 314 g/mol. The van der Waals surface area contributed by atoms with Crippen LogP contribution in [0.4, 0.5) is 0 Å². The number of Topliss-reactive ketones (excluding diaryl/α,β-unsaturated/α-hetero) is 1. The van der Waals surface area contributed by atoms with Crippen molar-refractivity contribution in [2.75, 3.05) is 20.2 Å². The van der Waals surface area contributed by atoms with E-state index in [-0.39, 0.29) is 17.6 Å². The minimum absolute atomic E-state index is 0.000922. The van der Waals surface area contributed by atoms with Crippen molar-refractivity contribution in [1.82, 2.24) is 4.90 Å². The molecular formula is C21H23NO3. The first-order valence-electron chi connectivity index (χ1n) is 8.63. The molecule has 0 radical (unpaired) electrons. The van der Waals surface area contributed by atoms with Gasteiger partial charge in [-0.05, 0) is 37.5 Å². The SMILES string of the molecule is COc1cc(C(=O)N2CCC(C(=O)c3ccccc3)CC2)ccc1C. The van der Waals surface area contributed by atoms with E-state index in [0.29, 0.717) is 31.5 Å². The molecule has 1 fully saturated rings. The summed E-state index contributed by atoms with van der Waals surface area (Å²) in [6.45, 7) is 3.17. The zero-order chi connectivity index (χ0) is 17.8. The molecule has 1 amide bonds. The molecule has 1 aliphatic heterocycles. The zero-order valence-corrected chi connectivity index (χ0v) is 14.7. The van der Waals surface area contributed by atoms with Gasteiger partial charge in [0, 0.05) is 30.1 Å². The average molecular weight is 337 g/mol. The Morgan fingerprint density at radius 1 is 1.00 bits per heavy atom. The van der Waals surface area contributed by atoms with E-state index in [1.807, 2.05) is 54.3 Å². The summed E-state index contributed by atoms with van der Waals surface area (Å²) in [4.78, 5) is 27.1. The second-order valence-corrected chi connectivity index (χ2v) is 6.48. The number of nitrogens with zero attached hydrogens (tertiary/aromatic N) is 1. The molecule has 25 heavy (non-hydrogen) atoms. The lowest BCUT2D eigenvalue weighted by Crippen LogP contribution is -2.40. The molecule has 1 saturated heterocycles. The zero-order valence-electron chi connectivity index (χ0n) is 14.7. The number of rotatable bonds is 4. The van der Waals surface area contributed by atoms with Crippen LogP contribution in [0.1, 0.15) is 39.1 Å². The first kappa shape index (κ1) is 17.2. The number of benzene rings is 2. The van der Waals surface area contributed by atoms with Crippen molar-refractivity contribution in [2.45, 2.75) is 19.8 Å². The number of ketones is 1. The number of methoxy groups -OCH3 is 1. The summed E-state index contributed by atoms with van der Waals surface area (Å²) in [5.41, 5.74) is 2.40. The fraction of sp³-hybridized carbons (Fsp3) is 0.333. The van der Waals surface area contributed by atoms with E-state index in [2.05, 4.69) is 0 Å². The van der Waals surface area contributed by atoms with Crippen LogP contribution in [0.5, 0.6) is 5.75 Å². The molecule has 2 aromatic rings. The Bertz CT molecular complexity index is 762. The molecule has 2 aromatic carbocycles. The van der Waals surface area contributed by atoms with Gasteiger partial charge in [-0.25, -0.2) is 0 Å². The third kappa shape index (κ3) is 3.73. The third-order valence-electron chi connectivity index (χ3n) is 4.87. The number of hydrogen-bond acceptors (Lipinski definition) is 3. The lowest BCUT2D eigenvalue weighted by molar-refractivity contribution is 0.0650. The highest BCUT2D eigenvalue weighted by molar-refractivity contribution is 5.98. The fourth-order valence-corrected chi connectivity index (χ4v) is 3.32. The molecule has 1 heterocycles. The van der Waals surface area contributed by atoms with Gasteiger partial charge in [0.25, 0.3) is 5.91 Å². The Kier molecular flexibility index (Phi) is 5.17. The molecule has 0 saturated carbocycles. The molecule has 1 aliphatic rings. The second-order valence-electron chi connectivity index (χ2n) is 6.48. The Morgan fingerprint density at radius 2 is 1.68 bits per heavy atom. The Labute approximate surface area is 148 Å². The van der Waals surface area contributed by atoms with Crippen LogP contribution in [0, 0.1) is 12.8 Å². The van der Waals surface area contributed by atoms with Gasteiger partial charge in [0.15, 0.2) is 5.78 Å². The molecule has 0 atom stereocenters. The normalized spacial score (nSPS) is 15.0. The quantitative estimate of drug-likeness (QED) is 0.799. The van der Waals surface area contributed by atoms with E-state index in [1.165, 1.54) is 0 Å². The fourth-order valence-electron chi connectivity index (χ4n) is 3.32. The highest BCUT2D eigenvalue weighted by Gasteiger charge is 2.28. The smallest absolute Gasteiger partial charge is 0.253 e. The highest BCUT2D eigenvalue weighted by atomic mass is 16.5. The Hall–Kier alpha value is -2.62. The molecule has 0 bridgehead atoms. The minimum atomic E-state index is -0.000922. The second kappa shape index (κ2) is 7.51. The van der Waals surface area contributed by atoms with Crippen LogP contribution in [0.15, 0.2) is 48.5 Å². The van der Waals surface area contributed by atoms with Gasteiger partial charge in [0.05, 0.1) is 7.11 Å². The maximum absolute atomic E-state index is 12.7. The topological polar surface area (TPSA) is 46.6 Å². The van der Waals surface area contributed by atoms with Crippen molar-refractivity contribution in [2.24, 2.45) is 5.92 Å². The average Bonchev–Trinajstić information content (AvgIpc) is 2.68. The van der Waals surface area contributed by atoms with Gasteiger partial charge >= 0.3 is 0 Å². The maximum Gasteiger partial charge on any atom is 0.253 e. The van der Waals surface area contributed by atoms with Crippen LogP contribution in [0.25, 0.3) is 0 Å². The van der Waals surface area contributed by atoms with Gasteiger partial charge in [0.1, 0.15) is 5.75 Å². The Balaban J connectivity index is 1.64. The number of hydrogen-bond donors (Lipinski definition) is 0. The van der Waals surface area contributed by atoms with E-state index in [9.17, 15) is 9.59 Å². The standard InChI is InChI=1S/C21H23NO3/c1-15-8-9-18(14-19(15)25-2)21(24)22-12-10-17(11-13-22)20(23)16-6-4-3-5-7-16/h3-9,14,17H,10-13H2,1-2H3. The number of amides is 1. The molecule has 0 N–H and O–H groups in total. The van der Waals surface area contributed by atoms with Gasteiger partial charge in [-0.15, -0.1) is 0 Å². The van der Waals surface area contributed by atoms with Crippen LogP contribution in [-0.2, 0) is 0 Å². The van der Waals surface area contributed by atoms with Crippen molar-refractivity contribution < 1.29 is 14.3 Å². The first-order chi connectivity index (χ1) is 12.1. The molecule has 4 nitrogen and oxygen atoms in total. The van der Waals surface area contributed by atoms with Crippen LogP contribution >= 0.6 is 0 Å². The lowest BCUT2D eigenvalue weighted by atomic mass is 9.88. The predicted octanol–water partition coefficient (Wildman–Crippen LogP) is 3.74. The monoisotopic (exact) mass is 337 g/mol. The maximum atomic E-state index is 12.7. The summed E-state index contributed by atoms with van der Waals surface area (Å²) < 4.78 is 5.31. The highest BCUT2D eigenvalue weighted by Crippen LogP contribution is 2.25. The predicted molar refractivity (Wildman–Crippen MR) is 97.1 cm³/mol. The summed E-state index contributed by atoms with van der Waals surface area (Å²) >= 11 is 0. The molecule has 130 valence electrons. The summed E-state index contributed by atoms with van der Waals surface area (Å²) in [7, 11) is 1.61. The van der Waals surface area contributed by atoms with E-state index in [0.717, 1.165) is 16.9 Å². The van der Waals surface area contributed by atoms with Crippen LogP contribution in [-0.4, -0.2) is 36.8 Å². The van der Waals surface area contributed by atoms with Gasteiger partial charge in [0.2, 0.25) is 0 Å². The number of ether oxygens (including phenoxy) is 1. The van der Waals surface area contributed by atoms with Crippen molar-refractivity contribution in [1.29, 1.82) is 0 Å². The van der Waals surface area contributed by atoms with Gasteiger partial charge in [-0.2, -0.15) is 0 Å². The molecule has 3 rings (SSSR count).